The number of aliphatic hydroxyl groups excluding tert-OH is 1. The molecule has 1 aromatic carbocycles. The van der Waals surface area contributed by atoms with Crippen LogP contribution >= 0.6 is 0 Å². The molecule has 1 aliphatic rings. The van der Waals surface area contributed by atoms with Crippen LogP contribution in [-0.4, -0.2) is 21.9 Å². The van der Waals surface area contributed by atoms with Crippen LogP contribution in [-0.2, 0) is 0 Å². The maximum absolute atomic E-state index is 9.57. The van der Waals surface area contributed by atoms with Crippen LogP contribution in [0.5, 0.6) is 0 Å². The van der Waals surface area contributed by atoms with Gasteiger partial charge in [-0.05, 0) is 25.0 Å². The highest BCUT2D eigenvalue weighted by Crippen LogP contribution is 2.39. The predicted octanol–water partition coefficient (Wildman–Crippen LogP) is 1.31. The Balaban J connectivity index is 1.93. The molecule has 0 unspecified atom stereocenters. The van der Waals surface area contributed by atoms with E-state index in [2.05, 4.69) is 11.8 Å². The zero-order chi connectivity index (χ0) is 10.7. The molecular formula is C13H14O2. The van der Waals surface area contributed by atoms with Gasteiger partial charge >= 0.3 is 0 Å². The van der Waals surface area contributed by atoms with E-state index < -0.39 is 11.7 Å². The molecule has 2 rings (SSSR count). The number of hydrogen-bond acceptors (Lipinski definition) is 2. The van der Waals surface area contributed by atoms with Crippen molar-refractivity contribution < 1.29 is 10.2 Å². The molecule has 1 aliphatic carbocycles. The molecule has 2 N–H and O–H groups in total. The maximum Gasteiger partial charge on any atom is 0.117 e. The number of rotatable bonds is 2. The first-order chi connectivity index (χ1) is 7.18. The van der Waals surface area contributed by atoms with Crippen LogP contribution < -0.4 is 0 Å². The van der Waals surface area contributed by atoms with Crippen LogP contribution in [0.15, 0.2) is 30.3 Å². The predicted molar refractivity (Wildman–Crippen MR) is 58.1 cm³/mol. The van der Waals surface area contributed by atoms with E-state index in [0.717, 1.165) is 18.4 Å². The van der Waals surface area contributed by atoms with Gasteiger partial charge in [0.1, 0.15) is 6.10 Å². The third-order valence-corrected chi connectivity index (χ3v) is 2.56. The van der Waals surface area contributed by atoms with Gasteiger partial charge in [0.05, 0.1) is 5.60 Å². The molecule has 15 heavy (non-hydrogen) atoms. The normalized spacial score (nSPS) is 18.8. The van der Waals surface area contributed by atoms with Crippen molar-refractivity contribution in [3.8, 4) is 11.8 Å². The summed E-state index contributed by atoms with van der Waals surface area (Å²) in [5.74, 6) is 5.62. The molecule has 0 spiro atoms. The van der Waals surface area contributed by atoms with E-state index in [-0.39, 0.29) is 0 Å². The third kappa shape index (κ3) is 3.09. The third-order valence-electron chi connectivity index (χ3n) is 2.56. The van der Waals surface area contributed by atoms with E-state index in [0.29, 0.717) is 6.42 Å². The fourth-order valence-electron chi connectivity index (χ4n) is 1.45. The van der Waals surface area contributed by atoms with Crippen molar-refractivity contribution in [2.24, 2.45) is 0 Å². The monoisotopic (exact) mass is 202 g/mol. The van der Waals surface area contributed by atoms with E-state index in [1.54, 1.807) is 0 Å². The van der Waals surface area contributed by atoms with E-state index in [9.17, 15) is 10.2 Å². The van der Waals surface area contributed by atoms with Crippen molar-refractivity contribution in [2.75, 3.05) is 0 Å². The Hall–Kier alpha value is -1.30. The quantitative estimate of drug-likeness (QED) is 0.710. The Morgan fingerprint density at radius 2 is 1.93 bits per heavy atom. The minimum atomic E-state index is -0.724. The number of aliphatic hydroxyl groups is 2. The summed E-state index contributed by atoms with van der Waals surface area (Å²) in [6.07, 6.45) is 1.22. The SMILES string of the molecule is O[C@H](C#Cc1ccccc1)CC1(O)CC1. The van der Waals surface area contributed by atoms with Crippen molar-refractivity contribution in [1.29, 1.82) is 0 Å². The van der Waals surface area contributed by atoms with Crippen LogP contribution in [0.1, 0.15) is 24.8 Å². The summed E-state index contributed by atoms with van der Waals surface area (Å²) in [5, 5.41) is 19.1. The number of hydrogen-bond donors (Lipinski definition) is 2. The fraction of sp³-hybridized carbons (Fsp3) is 0.385. The summed E-state index contributed by atoms with van der Waals surface area (Å²) >= 11 is 0. The van der Waals surface area contributed by atoms with Gasteiger partial charge in [-0.3, -0.25) is 0 Å². The molecule has 0 saturated heterocycles. The van der Waals surface area contributed by atoms with E-state index in [1.165, 1.54) is 0 Å². The molecule has 0 aromatic heterocycles. The molecule has 2 nitrogen and oxygen atoms in total. The largest absolute Gasteiger partial charge is 0.390 e. The van der Waals surface area contributed by atoms with E-state index in [4.69, 9.17) is 0 Å². The smallest absolute Gasteiger partial charge is 0.117 e. The molecule has 78 valence electrons. The van der Waals surface area contributed by atoms with Crippen molar-refractivity contribution in [3.63, 3.8) is 0 Å². The van der Waals surface area contributed by atoms with Gasteiger partial charge in [0, 0.05) is 12.0 Å². The summed E-state index contributed by atoms with van der Waals surface area (Å²) < 4.78 is 0. The minimum Gasteiger partial charge on any atom is -0.390 e. The van der Waals surface area contributed by atoms with Crippen molar-refractivity contribution in [3.05, 3.63) is 35.9 Å². The lowest BCUT2D eigenvalue weighted by molar-refractivity contribution is 0.0891. The van der Waals surface area contributed by atoms with Crippen molar-refractivity contribution >= 4 is 0 Å². The highest BCUT2D eigenvalue weighted by molar-refractivity contribution is 5.34. The Bertz CT molecular complexity index is 382. The first kappa shape index (κ1) is 10.2. The molecule has 1 fully saturated rings. The van der Waals surface area contributed by atoms with Gasteiger partial charge in [0.25, 0.3) is 0 Å². The summed E-state index contributed by atoms with van der Waals surface area (Å²) in [7, 11) is 0. The maximum atomic E-state index is 9.57. The first-order valence-electron chi connectivity index (χ1n) is 5.15. The van der Waals surface area contributed by atoms with Gasteiger partial charge in [-0.25, -0.2) is 0 Å². The second kappa shape index (κ2) is 4.06. The van der Waals surface area contributed by atoms with Crippen molar-refractivity contribution in [2.45, 2.75) is 31.0 Å². The molecule has 1 saturated carbocycles. The minimum absolute atomic E-state index is 0.368. The fourth-order valence-corrected chi connectivity index (χ4v) is 1.45. The topological polar surface area (TPSA) is 40.5 Å². The lowest BCUT2D eigenvalue weighted by Crippen LogP contribution is -2.16. The molecule has 0 radical (unpaired) electrons. The summed E-state index contributed by atoms with van der Waals surface area (Å²) in [6, 6.07) is 9.53. The van der Waals surface area contributed by atoms with Gasteiger partial charge in [0.2, 0.25) is 0 Å². The Labute approximate surface area is 89.6 Å². The highest BCUT2D eigenvalue weighted by Gasteiger charge is 2.41. The van der Waals surface area contributed by atoms with Crippen LogP contribution in [0.25, 0.3) is 0 Å². The van der Waals surface area contributed by atoms with Gasteiger partial charge in [-0.15, -0.1) is 0 Å². The summed E-state index contributed by atoms with van der Waals surface area (Å²) in [5.41, 5.74) is 0.254. The van der Waals surface area contributed by atoms with E-state index >= 15 is 0 Å². The van der Waals surface area contributed by atoms with Crippen LogP contribution in [0.4, 0.5) is 0 Å². The Morgan fingerprint density at radius 1 is 1.27 bits per heavy atom. The Morgan fingerprint density at radius 3 is 2.53 bits per heavy atom. The lowest BCUT2D eigenvalue weighted by Gasteiger charge is -2.07. The molecule has 0 aliphatic heterocycles. The standard InChI is InChI=1S/C13H14O2/c14-12(10-13(15)8-9-13)7-6-11-4-2-1-3-5-11/h1-5,12,14-15H,8-10H2/t12-/m1/s1. The van der Waals surface area contributed by atoms with Gasteiger partial charge < -0.3 is 10.2 Å². The van der Waals surface area contributed by atoms with Crippen LogP contribution in [0, 0.1) is 11.8 Å². The number of benzene rings is 1. The zero-order valence-corrected chi connectivity index (χ0v) is 8.48. The zero-order valence-electron chi connectivity index (χ0n) is 8.48. The van der Waals surface area contributed by atoms with Crippen LogP contribution in [0.2, 0.25) is 0 Å². The molecule has 2 heteroatoms. The lowest BCUT2D eigenvalue weighted by atomic mass is 10.1. The highest BCUT2D eigenvalue weighted by atomic mass is 16.3. The molecular weight excluding hydrogens is 188 g/mol. The van der Waals surface area contributed by atoms with E-state index in [1.807, 2.05) is 30.3 Å². The second-order valence-corrected chi connectivity index (χ2v) is 4.08. The average Bonchev–Trinajstić information content (AvgIpc) is 2.95. The molecule has 1 atom stereocenters. The van der Waals surface area contributed by atoms with Gasteiger partial charge in [-0.1, -0.05) is 30.0 Å². The summed E-state index contributed by atoms with van der Waals surface area (Å²) in [4.78, 5) is 0. The Kier molecular flexibility index (Phi) is 2.77. The van der Waals surface area contributed by atoms with Crippen molar-refractivity contribution in [1.82, 2.24) is 0 Å². The van der Waals surface area contributed by atoms with Crippen LogP contribution in [0.3, 0.4) is 0 Å². The van der Waals surface area contributed by atoms with Gasteiger partial charge in [0.15, 0.2) is 0 Å². The summed E-state index contributed by atoms with van der Waals surface area (Å²) in [6.45, 7) is 0. The average molecular weight is 202 g/mol. The van der Waals surface area contributed by atoms with Gasteiger partial charge in [-0.2, -0.15) is 0 Å². The molecule has 0 amide bonds. The molecule has 0 heterocycles. The first-order valence-corrected chi connectivity index (χ1v) is 5.15. The molecule has 0 bridgehead atoms. The molecule has 1 aromatic rings. The second-order valence-electron chi connectivity index (χ2n) is 4.08.